The van der Waals surface area contributed by atoms with Crippen LogP contribution in [0.25, 0.3) is 0 Å². The lowest BCUT2D eigenvalue weighted by atomic mass is 10.1. The first-order valence-corrected chi connectivity index (χ1v) is 6.95. The van der Waals surface area contributed by atoms with Crippen molar-refractivity contribution in [3.05, 3.63) is 63.7 Å². The van der Waals surface area contributed by atoms with Gasteiger partial charge in [0.15, 0.2) is 0 Å². The summed E-state index contributed by atoms with van der Waals surface area (Å²) < 4.78 is 26.6. The molecule has 2 aromatic carbocycles. The fourth-order valence-electron chi connectivity index (χ4n) is 1.98. The fraction of sp³-hybridized carbons (Fsp3) is 0.188. The number of aryl methyl sites for hydroxylation is 2. The Morgan fingerprint density at radius 3 is 2.45 bits per heavy atom. The summed E-state index contributed by atoms with van der Waals surface area (Å²) in [6, 6.07) is 5.05. The fourth-order valence-corrected chi connectivity index (χ4v) is 2.25. The zero-order chi connectivity index (χ0) is 16.4. The van der Waals surface area contributed by atoms with E-state index >= 15 is 0 Å². The molecule has 0 saturated carbocycles. The summed E-state index contributed by atoms with van der Waals surface area (Å²) in [6.07, 6.45) is 0. The van der Waals surface area contributed by atoms with Crippen molar-refractivity contribution < 1.29 is 13.6 Å². The predicted molar refractivity (Wildman–Crippen MR) is 82.8 cm³/mol. The molecule has 6 heteroatoms. The van der Waals surface area contributed by atoms with E-state index in [0.717, 1.165) is 23.3 Å². The first-order chi connectivity index (χ1) is 10.3. The number of nitrogens with one attached hydrogen (secondary N) is 1. The Morgan fingerprint density at radius 2 is 1.82 bits per heavy atom. The van der Waals surface area contributed by atoms with Crippen LogP contribution in [0.5, 0.6) is 0 Å². The summed E-state index contributed by atoms with van der Waals surface area (Å²) in [4.78, 5) is 12.1. The molecule has 0 bridgehead atoms. The van der Waals surface area contributed by atoms with Crippen LogP contribution in [0.2, 0.25) is 5.02 Å². The number of halogens is 3. The third-order valence-corrected chi connectivity index (χ3v) is 3.73. The van der Waals surface area contributed by atoms with Crippen LogP contribution in [-0.4, -0.2) is 5.91 Å². The van der Waals surface area contributed by atoms with Gasteiger partial charge in [-0.3, -0.25) is 4.79 Å². The summed E-state index contributed by atoms with van der Waals surface area (Å²) >= 11 is 6.07. The topological polar surface area (TPSA) is 55.1 Å². The van der Waals surface area contributed by atoms with E-state index in [2.05, 4.69) is 5.32 Å². The minimum atomic E-state index is -1.27. The number of hydrogen-bond donors (Lipinski definition) is 2. The van der Waals surface area contributed by atoms with Crippen LogP contribution >= 0.6 is 11.6 Å². The van der Waals surface area contributed by atoms with E-state index in [1.807, 2.05) is 13.8 Å². The van der Waals surface area contributed by atoms with Crippen LogP contribution in [0.1, 0.15) is 22.7 Å². The highest BCUT2D eigenvalue weighted by atomic mass is 35.5. The van der Waals surface area contributed by atoms with Crippen molar-refractivity contribution in [3.8, 4) is 0 Å². The van der Waals surface area contributed by atoms with Gasteiger partial charge in [-0.2, -0.15) is 0 Å². The molecule has 0 spiro atoms. The van der Waals surface area contributed by atoms with Gasteiger partial charge in [0.2, 0.25) is 5.91 Å². The van der Waals surface area contributed by atoms with Crippen molar-refractivity contribution in [2.45, 2.75) is 19.9 Å². The lowest BCUT2D eigenvalue weighted by Crippen LogP contribution is -2.28. The van der Waals surface area contributed by atoms with Gasteiger partial charge in [0.1, 0.15) is 17.7 Å². The summed E-state index contributed by atoms with van der Waals surface area (Å²) in [7, 11) is 0. The molecule has 1 unspecified atom stereocenters. The molecule has 0 aliphatic carbocycles. The summed E-state index contributed by atoms with van der Waals surface area (Å²) in [5, 5.41) is 2.93. The second-order valence-electron chi connectivity index (χ2n) is 5.05. The van der Waals surface area contributed by atoms with Crippen molar-refractivity contribution in [2.75, 3.05) is 5.32 Å². The highest BCUT2D eigenvalue weighted by molar-refractivity contribution is 6.33. The Kier molecular flexibility index (Phi) is 4.78. The Balaban J connectivity index is 2.23. The average molecular weight is 325 g/mol. The molecule has 0 aromatic heterocycles. The molecule has 2 rings (SSSR count). The van der Waals surface area contributed by atoms with Gasteiger partial charge in [-0.15, -0.1) is 0 Å². The molecular weight excluding hydrogens is 310 g/mol. The number of nitrogens with two attached hydrogens (primary N) is 1. The highest BCUT2D eigenvalue weighted by Gasteiger charge is 2.21. The maximum absolute atomic E-state index is 13.7. The first-order valence-electron chi connectivity index (χ1n) is 6.57. The van der Waals surface area contributed by atoms with Crippen LogP contribution in [0.4, 0.5) is 14.5 Å². The zero-order valence-corrected chi connectivity index (χ0v) is 12.8. The lowest BCUT2D eigenvalue weighted by molar-refractivity contribution is -0.117. The third-order valence-electron chi connectivity index (χ3n) is 3.42. The van der Waals surface area contributed by atoms with Crippen molar-refractivity contribution in [3.63, 3.8) is 0 Å². The van der Waals surface area contributed by atoms with Crippen molar-refractivity contribution in [1.82, 2.24) is 0 Å². The molecule has 3 nitrogen and oxygen atoms in total. The molecule has 0 fully saturated rings. The molecule has 0 radical (unpaired) electrons. The zero-order valence-electron chi connectivity index (χ0n) is 12.1. The van der Waals surface area contributed by atoms with Crippen LogP contribution < -0.4 is 11.1 Å². The molecule has 0 saturated heterocycles. The molecule has 0 heterocycles. The summed E-state index contributed by atoms with van der Waals surface area (Å²) in [5.41, 5.74) is 7.98. The van der Waals surface area contributed by atoms with Gasteiger partial charge in [-0.25, -0.2) is 8.78 Å². The van der Waals surface area contributed by atoms with Gasteiger partial charge in [0.05, 0.1) is 10.7 Å². The van der Waals surface area contributed by atoms with Crippen LogP contribution in [0.3, 0.4) is 0 Å². The molecule has 22 heavy (non-hydrogen) atoms. The van der Waals surface area contributed by atoms with Gasteiger partial charge in [-0.05, 0) is 43.2 Å². The van der Waals surface area contributed by atoms with Gasteiger partial charge >= 0.3 is 0 Å². The number of rotatable bonds is 3. The molecular formula is C16H15ClF2N2O. The van der Waals surface area contributed by atoms with Crippen molar-refractivity contribution >= 4 is 23.2 Å². The van der Waals surface area contributed by atoms with Gasteiger partial charge < -0.3 is 11.1 Å². The Labute approximate surface area is 132 Å². The number of carbonyl (C=O) groups is 1. The van der Waals surface area contributed by atoms with E-state index < -0.39 is 23.6 Å². The number of carbonyl (C=O) groups excluding carboxylic acids is 1. The average Bonchev–Trinajstić information content (AvgIpc) is 2.44. The summed E-state index contributed by atoms with van der Waals surface area (Å²) in [5.74, 6) is -2.23. The maximum Gasteiger partial charge on any atom is 0.246 e. The number of amides is 1. The van der Waals surface area contributed by atoms with Crippen molar-refractivity contribution in [2.24, 2.45) is 5.73 Å². The molecule has 1 amide bonds. The minimum absolute atomic E-state index is 0.0844. The highest BCUT2D eigenvalue weighted by Crippen LogP contribution is 2.27. The predicted octanol–water partition coefficient (Wildman–Crippen LogP) is 3.87. The molecule has 1 atom stereocenters. The SMILES string of the molecule is Cc1cc(Cl)c(NC(=O)C(N)c2ccc(F)cc2F)cc1C. The Morgan fingerprint density at radius 1 is 1.18 bits per heavy atom. The first kappa shape index (κ1) is 16.4. The van der Waals surface area contributed by atoms with Gasteiger partial charge in [0.25, 0.3) is 0 Å². The normalized spacial score (nSPS) is 12.1. The van der Waals surface area contributed by atoms with E-state index in [1.54, 1.807) is 12.1 Å². The van der Waals surface area contributed by atoms with E-state index in [0.29, 0.717) is 16.8 Å². The third kappa shape index (κ3) is 3.43. The standard InChI is InChI=1S/C16H15ClF2N2O/c1-8-5-12(17)14(6-9(8)2)21-16(22)15(20)11-4-3-10(18)7-13(11)19/h3-7,15H,20H2,1-2H3,(H,21,22). The van der Waals surface area contributed by atoms with E-state index in [9.17, 15) is 13.6 Å². The molecule has 3 N–H and O–H groups in total. The monoisotopic (exact) mass is 324 g/mol. The molecule has 0 aliphatic heterocycles. The maximum atomic E-state index is 13.7. The lowest BCUT2D eigenvalue weighted by Gasteiger charge is -2.15. The minimum Gasteiger partial charge on any atom is -0.323 e. The second-order valence-corrected chi connectivity index (χ2v) is 5.46. The van der Waals surface area contributed by atoms with E-state index in [-0.39, 0.29) is 5.56 Å². The number of hydrogen-bond acceptors (Lipinski definition) is 2. The quantitative estimate of drug-likeness (QED) is 0.900. The van der Waals surface area contributed by atoms with Crippen LogP contribution in [0.15, 0.2) is 30.3 Å². The number of anilines is 1. The van der Waals surface area contributed by atoms with Crippen LogP contribution in [0, 0.1) is 25.5 Å². The molecule has 2 aromatic rings. The summed E-state index contributed by atoms with van der Waals surface area (Å²) in [6.45, 7) is 3.77. The van der Waals surface area contributed by atoms with Gasteiger partial charge in [-0.1, -0.05) is 17.7 Å². The smallest absolute Gasteiger partial charge is 0.246 e. The van der Waals surface area contributed by atoms with Crippen molar-refractivity contribution in [1.29, 1.82) is 0 Å². The largest absolute Gasteiger partial charge is 0.323 e. The van der Waals surface area contributed by atoms with Crippen LogP contribution in [-0.2, 0) is 4.79 Å². The Hall–Kier alpha value is -1.98. The molecule has 0 aliphatic rings. The van der Waals surface area contributed by atoms with Gasteiger partial charge in [0, 0.05) is 11.6 Å². The Bertz CT molecular complexity index is 734. The molecule has 116 valence electrons. The number of benzene rings is 2. The van der Waals surface area contributed by atoms with E-state index in [4.69, 9.17) is 17.3 Å². The second kappa shape index (κ2) is 6.42. The van der Waals surface area contributed by atoms with E-state index in [1.165, 1.54) is 0 Å².